The minimum Gasteiger partial charge on any atom is -0.335 e. The Morgan fingerprint density at radius 3 is 2.58 bits per heavy atom. The average molecular weight is 362 g/mol. The van der Waals surface area contributed by atoms with Crippen LogP contribution in [0.4, 0.5) is 5.69 Å². The Morgan fingerprint density at radius 1 is 1.21 bits per heavy atom. The highest BCUT2D eigenvalue weighted by molar-refractivity contribution is 7.92. The lowest BCUT2D eigenvalue weighted by Gasteiger charge is -2.03. The van der Waals surface area contributed by atoms with Gasteiger partial charge >= 0.3 is 0 Å². The van der Waals surface area contributed by atoms with E-state index in [0.717, 1.165) is 28.4 Å². The summed E-state index contributed by atoms with van der Waals surface area (Å²) in [5, 5.41) is 1.56. The number of nitrogens with one attached hydrogen (secondary N) is 1. The van der Waals surface area contributed by atoms with E-state index >= 15 is 0 Å². The van der Waals surface area contributed by atoms with Gasteiger partial charge in [0.1, 0.15) is 5.65 Å². The van der Waals surface area contributed by atoms with Crippen molar-refractivity contribution in [2.24, 2.45) is 7.05 Å². The van der Waals surface area contributed by atoms with E-state index in [1.165, 1.54) is 6.20 Å². The molecule has 0 fully saturated rings. The predicted octanol–water partition coefficient (Wildman–Crippen LogP) is 3.77. The first-order valence-electron chi connectivity index (χ1n) is 7.18. The molecule has 0 unspecified atom stereocenters. The number of anilines is 1. The Balaban J connectivity index is 2.00. The molecule has 2 aromatic heterocycles. The zero-order valence-electron chi connectivity index (χ0n) is 13.2. The monoisotopic (exact) mass is 361 g/mol. The molecule has 3 aromatic rings. The maximum Gasteiger partial charge on any atom is 0.229 e. The van der Waals surface area contributed by atoms with E-state index < -0.39 is 10.0 Å². The lowest BCUT2D eigenvalue weighted by molar-refractivity contribution is 0.607. The zero-order valence-corrected chi connectivity index (χ0v) is 14.8. The first-order chi connectivity index (χ1) is 11.3. The fourth-order valence-corrected chi connectivity index (χ4v) is 3.12. The van der Waals surface area contributed by atoms with Crippen LogP contribution < -0.4 is 4.72 Å². The third kappa shape index (κ3) is 3.77. The van der Waals surface area contributed by atoms with Crippen LogP contribution >= 0.6 is 11.6 Å². The summed E-state index contributed by atoms with van der Waals surface area (Å²) in [4.78, 5) is 4.34. The third-order valence-corrected chi connectivity index (χ3v) is 4.33. The number of rotatable bonds is 4. The largest absolute Gasteiger partial charge is 0.335 e. The number of benzene rings is 1. The Hall–Kier alpha value is -2.31. The molecule has 0 bridgehead atoms. The molecule has 7 heteroatoms. The lowest BCUT2D eigenvalue weighted by atomic mass is 10.1. The second kappa shape index (κ2) is 6.30. The van der Waals surface area contributed by atoms with Crippen molar-refractivity contribution in [2.75, 3.05) is 11.0 Å². The van der Waals surface area contributed by atoms with E-state index in [2.05, 4.69) is 9.71 Å². The molecular formula is C17H16ClN3O2S. The smallest absolute Gasteiger partial charge is 0.229 e. The highest BCUT2D eigenvalue weighted by Crippen LogP contribution is 2.24. The van der Waals surface area contributed by atoms with E-state index in [9.17, 15) is 8.42 Å². The van der Waals surface area contributed by atoms with Crippen molar-refractivity contribution in [2.45, 2.75) is 0 Å². The summed E-state index contributed by atoms with van der Waals surface area (Å²) in [6, 6.07) is 9.31. The summed E-state index contributed by atoms with van der Waals surface area (Å²) in [5.74, 6) is 0. The van der Waals surface area contributed by atoms with Crippen LogP contribution in [0.5, 0.6) is 0 Å². The molecule has 2 heterocycles. The van der Waals surface area contributed by atoms with Crippen molar-refractivity contribution in [3.8, 4) is 0 Å². The van der Waals surface area contributed by atoms with Crippen LogP contribution in [-0.2, 0) is 17.1 Å². The second-order valence-corrected chi connectivity index (χ2v) is 7.73. The molecule has 0 spiro atoms. The van der Waals surface area contributed by atoms with E-state index in [0.29, 0.717) is 10.7 Å². The number of aromatic nitrogens is 2. The van der Waals surface area contributed by atoms with E-state index in [1.807, 2.05) is 54.2 Å². The number of sulfonamides is 1. The molecule has 124 valence electrons. The van der Waals surface area contributed by atoms with Crippen LogP contribution in [0.25, 0.3) is 23.2 Å². The Bertz CT molecular complexity index is 1020. The highest BCUT2D eigenvalue weighted by atomic mass is 35.5. The molecule has 0 aliphatic rings. The fraction of sp³-hybridized carbons (Fsp3) is 0.118. The molecule has 0 radical (unpaired) electrons. The van der Waals surface area contributed by atoms with Gasteiger partial charge in [-0.2, -0.15) is 0 Å². The summed E-state index contributed by atoms with van der Waals surface area (Å²) in [6.07, 6.45) is 8.52. The molecule has 0 aliphatic carbocycles. The maximum absolute atomic E-state index is 11.4. The number of fused-ring (bicyclic) bond motifs is 1. The maximum atomic E-state index is 11.4. The van der Waals surface area contributed by atoms with Gasteiger partial charge < -0.3 is 4.57 Å². The minimum absolute atomic E-state index is 0.442. The molecule has 0 atom stereocenters. The van der Waals surface area contributed by atoms with E-state index in [-0.39, 0.29) is 0 Å². The lowest BCUT2D eigenvalue weighted by Crippen LogP contribution is -2.09. The molecule has 0 saturated heterocycles. The predicted molar refractivity (Wildman–Crippen MR) is 99.6 cm³/mol. The highest BCUT2D eigenvalue weighted by Gasteiger charge is 2.09. The van der Waals surface area contributed by atoms with Crippen molar-refractivity contribution >= 4 is 50.5 Å². The first-order valence-corrected chi connectivity index (χ1v) is 9.45. The van der Waals surface area contributed by atoms with Gasteiger partial charge in [0.2, 0.25) is 10.0 Å². The van der Waals surface area contributed by atoms with Crippen molar-refractivity contribution in [3.05, 3.63) is 58.9 Å². The van der Waals surface area contributed by atoms with Gasteiger partial charge in [0.15, 0.2) is 0 Å². The summed E-state index contributed by atoms with van der Waals surface area (Å²) in [5.41, 5.74) is 3.20. The number of nitrogens with zero attached hydrogens (tertiary/aromatic N) is 2. The SMILES string of the molecule is Cn1cc(/C=C/c2ccc(Cl)cc2)c2cc(NS(C)(=O)=O)cnc21. The number of hydrogen-bond donors (Lipinski definition) is 1. The van der Waals surface area contributed by atoms with Crippen LogP contribution in [0.2, 0.25) is 5.02 Å². The van der Waals surface area contributed by atoms with Crippen LogP contribution in [0, 0.1) is 0 Å². The van der Waals surface area contributed by atoms with Crippen LogP contribution in [0.3, 0.4) is 0 Å². The van der Waals surface area contributed by atoms with E-state index in [1.54, 1.807) is 6.07 Å². The van der Waals surface area contributed by atoms with Crippen molar-refractivity contribution in [1.29, 1.82) is 0 Å². The average Bonchev–Trinajstić information content (AvgIpc) is 2.81. The van der Waals surface area contributed by atoms with Gasteiger partial charge in [-0.05, 0) is 23.8 Å². The van der Waals surface area contributed by atoms with Crippen LogP contribution in [0.15, 0.2) is 42.7 Å². The Labute approximate surface area is 145 Å². The van der Waals surface area contributed by atoms with Crippen molar-refractivity contribution in [3.63, 3.8) is 0 Å². The van der Waals surface area contributed by atoms with Gasteiger partial charge in [-0.15, -0.1) is 0 Å². The second-order valence-electron chi connectivity index (χ2n) is 5.55. The Kier molecular flexibility index (Phi) is 4.34. The fourth-order valence-electron chi connectivity index (χ4n) is 2.45. The third-order valence-electron chi connectivity index (χ3n) is 3.47. The minimum atomic E-state index is -3.34. The molecule has 24 heavy (non-hydrogen) atoms. The summed E-state index contributed by atoms with van der Waals surface area (Å²) < 4.78 is 27.1. The van der Waals surface area contributed by atoms with E-state index in [4.69, 9.17) is 11.6 Å². The van der Waals surface area contributed by atoms with Gasteiger partial charge in [-0.25, -0.2) is 13.4 Å². The normalized spacial score (nSPS) is 12.1. The topological polar surface area (TPSA) is 64.0 Å². The zero-order chi connectivity index (χ0) is 17.3. The molecule has 1 aromatic carbocycles. The van der Waals surface area contributed by atoms with Crippen LogP contribution in [-0.4, -0.2) is 24.2 Å². The number of halogens is 1. The molecule has 3 rings (SSSR count). The van der Waals surface area contributed by atoms with Gasteiger partial charge in [0.05, 0.1) is 18.1 Å². The molecule has 0 saturated carbocycles. The van der Waals surface area contributed by atoms with Crippen molar-refractivity contribution < 1.29 is 8.42 Å². The number of hydrogen-bond acceptors (Lipinski definition) is 3. The summed E-state index contributed by atoms with van der Waals surface area (Å²) in [7, 11) is -1.44. The van der Waals surface area contributed by atoms with Crippen LogP contribution in [0.1, 0.15) is 11.1 Å². The van der Waals surface area contributed by atoms with Gasteiger partial charge in [-0.3, -0.25) is 4.72 Å². The van der Waals surface area contributed by atoms with Gasteiger partial charge in [-0.1, -0.05) is 35.9 Å². The van der Waals surface area contributed by atoms with Gasteiger partial charge in [0, 0.05) is 29.2 Å². The summed E-state index contributed by atoms with van der Waals surface area (Å²) >= 11 is 5.89. The molecular weight excluding hydrogens is 346 g/mol. The number of aryl methyl sites for hydroxylation is 1. The molecule has 5 nitrogen and oxygen atoms in total. The number of pyridine rings is 1. The first kappa shape index (κ1) is 16.5. The summed E-state index contributed by atoms with van der Waals surface area (Å²) in [6.45, 7) is 0. The Morgan fingerprint density at radius 2 is 1.92 bits per heavy atom. The van der Waals surface area contributed by atoms with Gasteiger partial charge in [0.25, 0.3) is 0 Å². The quantitative estimate of drug-likeness (QED) is 0.769. The standard InChI is InChI=1S/C17H16ClN3O2S/c1-21-11-13(6-3-12-4-7-14(18)8-5-12)16-9-15(10-19-17(16)21)20-24(2,22)23/h3-11,20H,1-2H3/b6-3+. The molecule has 0 amide bonds. The van der Waals surface area contributed by atoms with Crippen molar-refractivity contribution in [1.82, 2.24) is 9.55 Å². The molecule has 0 aliphatic heterocycles. The molecule has 1 N–H and O–H groups in total.